The molecule has 4 nitrogen and oxygen atoms in total. The molecule has 1 aliphatic heterocycles. The number of hydrogen-bond donors (Lipinski definition) is 2. The molecule has 0 unspecified atom stereocenters. The van der Waals surface area contributed by atoms with Crippen molar-refractivity contribution in [3.05, 3.63) is 34.9 Å². The highest BCUT2D eigenvalue weighted by Gasteiger charge is 2.34. The minimum Gasteiger partial charge on any atom is -0.465 e. The number of benzene rings is 1. The van der Waals surface area contributed by atoms with E-state index in [9.17, 15) is 9.90 Å². The molecular formula is C13H16ClNO3. The molecule has 1 fully saturated rings. The summed E-state index contributed by atoms with van der Waals surface area (Å²) in [5.41, 5.74) is 0.0576. The van der Waals surface area contributed by atoms with Gasteiger partial charge in [-0.05, 0) is 24.5 Å². The molecule has 1 aromatic carbocycles. The van der Waals surface area contributed by atoms with Crippen LogP contribution < -0.4 is 0 Å². The zero-order valence-electron chi connectivity index (χ0n) is 9.97. The fourth-order valence-corrected chi connectivity index (χ4v) is 2.49. The molecule has 1 saturated heterocycles. The number of likely N-dealkylation sites (tertiary alicyclic amines) is 1. The first-order chi connectivity index (χ1) is 8.50. The van der Waals surface area contributed by atoms with Gasteiger partial charge in [-0.15, -0.1) is 0 Å². The first-order valence-corrected chi connectivity index (χ1v) is 6.32. The van der Waals surface area contributed by atoms with Crippen molar-refractivity contribution in [2.45, 2.75) is 24.9 Å². The van der Waals surface area contributed by atoms with Crippen LogP contribution in [0, 0.1) is 0 Å². The maximum atomic E-state index is 10.8. The third-order valence-electron chi connectivity index (χ3n) is 3.44. The Balaban J connectivity index is 2.02. The average molecular weight is 270 g/mol. The minimum atomic E-state index is -0.921. The summed E-state index contributed by atoms with van der Waals surface area (Å²) < 4.78 is 0. The maximum absolute atomic E-state index is 10.8. The molecule has 0 atom stereocenters. The van der Waals surface area contributed by atoms with Gasteiger partial charge in [0.25, 0.3) is 0 Å². The van der Waals surface area contributed by atoms with Gasteiger partial charge in [-0.25, -0.2) is 4.79 Å². The highest BCUT2D eigenvalue weighted by Crippen LogP contribution is 2.29. The van der Waals surface area contributed by atoms with E-state index in [0.29, 0.717) is 37.4 Å². The molecule has 0 spiro atoms. The first-order valence-electron chi connectivity index (χ1n) is 5.94. The third kappa shape index (κ3) is 2.94. The van der Waals surface area contributed by atoms with E-state index < -0.39 is 11.7 Å². The molecule has 1 aromatic rings. The Morgan fingerprint density at radius 3 is 2.50 bits per heavy atom. The minimum absolute atomic E-state index is 0.371. The Kier molecular flexibility index (Phi) is 3.78. The van der Waals surface area contributed by atoms with Crippen LogP contribution >= 0.6 is 11.6 Å². The van der Waals surface area contributed by atoms with E-state index >= 15 is 0 Å². The van der Waals surface area contributed by atoms with E-state index in [1.165, 1.54) is 4.90 Å². The van der Waals surface area contributed by atoms with Crippen molar-refractivity contribution in [2.75, 3.05) is 13.1 Å². The number of rotatable bonds is 2. The second-order valence-electron chi connectivity index (χ2n) is 4.76. The zero-order chi connectivity index (χ0) is 13.2. The Bertz CT molecular complexity index is 442. The third-order valence-corrected chi connectivity index (χ3v) is 3.81. The maximum Gasteiger partial charge on any atom is 0.407 e. The summed E-state index contributed by atoms with van der Waals surface area (Å²) in [4.78, 5) is 12.1. The van der Waals surface area contributed by atoms with Crippen LogP contribution in [0.2, 0.25) is 5.02 Å². The van der Waals surface area contributed by atoms with Gasteiger partial charge in [0.05, 0.1) is 5.60 Å². The van der Waals surface area contributed by atoms with Crippen LogP contribution in [-0.2, 0) is 6.42 Å². The summed E-state index contributed by atoms with van der Waals surface area (Å²) in [7, 11) is 0. The van der Waals surface area contributed by atoms with Gasteiger partial charge in [-0.1, -0.05) is 29.8 Å². The van der Waals surface area contributed by atoms with Crippen LogP contribution in [0.3, 0.4) is 0 Å². The van der Waals surface area contributed by atoms with Gasteiger partial charge in [-0.2, -0.15) is 0 Å². The van der Waals surface area contributed by atoms with E-state index in [2.05, 4.69) is 0 Å². The Morgan fingerprint density at radius 2 is 1.94 bits per heavy atom. The van der Waals surface area contributed by atoms with Gasteiger partial charge in [0.1, 0.15) is 0 Å². The van der Waals surface area contributed by atoms with Crippen molar-refractivity contribution < 1.29 is 15.0 Å². The fourth-order valence-electron chi connectivity index (χ4n) is 2.29. The van der Waals surface area contributed by atoms with Crippen LogP contribution in [0.1, 0.15) is 18.4 Å². The van der Waals surface area contributed by atoms with E-state index in [1.54, 1.807) is 6.07 Å². The molecular weight excluding hydrogens is 254 g/mol. The average Bonchev–Trinajstić information content (AvgIpc) is 2.32. The second-order valence-corrected chi connectivity index (χ2v) is 5.17. The molecule has 0 radical (unpaired) electrons. The smallest absolute Gasteiger partial charge is 0.407 e. The van der Waals surface area contributed by atoms with Crippen molar-refractivity contribution in [3.63, 3.8) is 0 Å². The summed E-state index contributed by atoms with van der Waals surface area (Å²) in [6.07, 6.45) is 0.449. The molecule has 2 N–H and O–H groups in total. The van der Waals surface area contributed by atoms with E-state index in [1.807, 2.05) is 18.2 Å². The second kappa shape index (κ2) is 5.16. The highest BCUT2D eigenvalue weighted by molar-refractivity contribution is 6.31. The van der Waals surface area contributed by atoms with Crippen LogP contribution in [0.5, 0.6) is 0 Å². The standard InChI is InChI=1S/C13H16ClNO3/c14-11-4-2-1-3-10(11)9-13(18)5-7-15(8-6-13)12(16)17/h1-4,18H,5-9H2,(H,16,17). The summed E-state index contributed by atoms with van der Waals surface area (Å²) >= 11 is 6.07. The lowest BCUT2D eigenvalue weighted by molar-refractivity contribution is -0.0162. The SMILES string of the molecule is O=C(O)N1CCC(O)(Cc2ccccc2Cl)CC1. The van der Waals surface area contributed by atoms with Gasteiger partial charge in [0.15, 0.2) is 0 Å². The van der Waals surface area contributed by atoms with Crippen molar-refractivity contribution in [3.8, 4) is 0 Å². The Labute approximate surface area is 111 Å². The molecule has 2 rings (SSSR count). The molecule has 0 bridgehead atoms. The van der Waals surface area contributed by atoms with Crippen LogP contribution in [-0.4, -0.2) is 39.9 Å². The predicted octanol–water partition coefficient (Wildman–Crippen LogP) is 2.39. The van der Waals surface area contributed by atoms with Gasteiger partial charge < -0.3 is 15.1 Å². The number of nitrogens with zero attached hydrogens (tertiary/aromatic N) is 1. The summed E-state index contributed by atoms with van der Waals surface area (Å²) in [5.74, 6) is 0. The van der Waals surface area contributed by atoms with Crippen LogP contribution in [0.15, 0.2) is 24.3 Å². The zero-order valence-corrected chi connectivity index (χ0v) is 10.7. The van der Waals surface area contributed by atoms with Crippen molar-refractivity contribution in [1.82, 2.24) is 4.90 Å². The number of amides is 1. The lowest BCUT2D eigenvalue weighted by atomic mass is 9.85. The molecule has 1 heterocycles. The molecule has 18 heavy (non-hydrogen) atoms. The molecule has 0 saturated carbocycles. The first kappa shape index (κ1) is 13.2. The summed E-state index contributed by atoms with van der Waals surface area (Å²) in [6.45, 7) is 0.743. The number of aliphatic hydroxyl groups is 1. The quantitative estimate of drug-likeness (QED) is 0.867. The van der Waals surface area contributed by atoms with Crippen LogP contribution in [0.4, 0.5) is 4.79 Å². The fraction of sp³-hybridized carbons (Fsp3) is 0.462. The van der Waals surface area contributed by atoms with Gasteiger partial charge in [-0.3, -0.25) is 0 Å². The molecule has 5 heteroatoms. The summed E-state index contributed by atoms with van der Waals surface area (Å²) in [6, 6.07) is 7.43. The highest BCUT2D eigenvalue weighted by atomic mass is 35.5. The molecule has 98 valence electrons. The van der Waals surface area contributed by atoms with Gasteiger partial charge in [0, 0.05) is 24.5 Å². The van der Waals surface area contributed by atoms with E-state index in [0.717, 1.165) is 5.56 Å². The number of halogens is 1. The predicted molar refractivity (Wildman–Crippen MR) is 68.9 cm³/mol. The number of carbonyl (C=O) groups is 1. The lowest BCUT2D eigenvalue weighted by Crippen LogP contribution is -2.47. The largest absolute Gasteiger partial charge is 0.465 e. The normalized spacial score (nSPS) is 18.7. The molecule has 0 aromatic heterocycles. The Hall–Kier alpha value is -1.26. The number of piperidine rings is 1. The summed E-state index contributed by atoms with van der Waals surface area (Å²) in [5, 5.41) is 20.0. The van der Waals surface area contributed by atoms with Crippen LogP contribution in [0.25, 0.3) is 0 Å². The molecule has 1 aliphatic rings. The number of hydrogen-bond acceptors (Lipinski definition) is 2. The monoisotopic (exact) mass is 269 g/mol. The van der Waals surface area contributed by atoms with Gasteiger partial charge >= 0.3 is 6.09 Å². The van der Waals surface area contributed by atoms with Crippen molar-refractivity contribution in [2.24, 2.45) is 0 Å². The van der Waals surface area contributed by atoms with E-state index in [4.69, 9.17) is 16.7 Å². The van der Waals surface area contributed by atoms with Gasteiger partial charge in [0.2, 0.25) is 0 Å². The number of carboxylic acid groups (broad SMARTS) is 1. The lowest BCUT2D eigenvalue weighted by Gasteiger charge is -2.37. The van der Waals surface area contributed by atoms with E-state index in [-0.39, 0.29) is 0 Å². The topological polar surface area (TPSA) is 60.8 Å². The Morgan fingerprint density at radius 1 is 1.33 bits per heavy atom. The van der Waals surface area contributed by atoms with Crippen molar-refractivity contribution >= 4 is 17.7 Å². The molecule has 1 amide bonds. The molecule has 0 aliphatic carbocycles. The van der Waals surface area contributed by atoms with Crippen molar-refractivity contribution in [1.29, 1.82) is 0 Å².